The van der Waals surface area contributed by atoms with Crippen LogP contribution in [-0.4, -0.2) is 104 Å². The Morgan fingerprint density at radius 3 is 2.39 bits per heavy atom. The van der Waals surface area contributed by atoms with Gasteiger partial charge in [0.25, 0.3) is 5.56 Å². The van der Waals surface area contributed by atoms with E-state index in [9.17, 15) is 39.9 Å². The topological polar surface area (TPSA) is 208 Å². The minimum atomic E-state index is -1.84. The summed E-state index contributed by atoms with van der Waals surface area (Å²) < 4.78 is 17.7. The molecule has 13 nitrogen and oxygen atoms in total. The SMILES string of the molecule is C/C=C/C=C/[C@@H]1O[C@@](O)([C@H](C)C(=O)NC/C=C/C=C(\C)[C@@H](OC)[C@@H](C)[C@@H]2O[C@H](/C=C/C=C/C=C(\C)C(=O)c3c(O)cc[nH]c3=O)[C@H](O)[C@@H]2O)CC(O)[C@@H]1C. The number of nitrogens with one attached hydrogen (secondary N) is 2. The van der Waals surface area contributed by atoms with Crippen molar-refractivity contribution in [1.82, 2.24) is 10.3 Å². The maximum atomic E-state index is 13.0. The summed E-state index contributed by atoms with van der Waals surface area (Å²) in [6, 6.07) is 1.22. The van der Waals surface area contributed by atoms with Crippen molar-refractivity contribution in [3.05, 3.63) is 112 Å². The van der Waals surface area contributed by atoms with Crippen LogP contribution in [0.5, 0.6) is 5.75 Å². The standard InChI is InChI=1S/C41H56N2O11/c1-8-9-11-18-31-26(4)30(45)23-41(51,54-31)28(6)39(49)42-21-15-14-17-25(3)37(52-7)27(5)38-36(48)35(47)32(53-38)19-13-10-12-16-24(2)34(46)33-29(44)20-22-43-40(33)50/h8-20,22,26-28,30-32,35-38,45,47-48,51H,21,23H2,1-7H3,(H,42,49)(H2,43,44,50)/b9-8+,12-10+,15-14+,18-11+,19-13+,24-16+,25-17+/t26-,27+,28+,30?,31-,32+,35-,36-,37+,38-,41+/m0/s1. The molecule has 0 saturated carbocycles. The van der Waals surface area contributed by atoms with Gasteiger partial charge in [-0.15, -0.1) is 0 Å². The molecule has 3 heterocycles. The van der Waals surface area contributed by atoms with Crippen LogP contribution in [0.15, 0.2) is 101 Å². The second-order valence-corrected chi connectivity index (χ2v) is 13.9. The van der Waals surface area contributed by atoms with E-state index < -0.39 is 77.4 Å². The number of aliphatic hydroxyl groups excluding tert-OH is 3. The molecule has 2 aliphatic rings. The summed E-state index contributed by atoms with van der Waals surface area (Å²) in [5, 5.41) is 56.1. The molecular formula is C41H56N2O11. The number of aromatic hydroxyl groups is 1. The molecular weight excluding hydrogens is 696 g/mol. The van der Waals surface area contributed by atoms with Crippen LogP contribution in [0.4, 0.5) is 0 Å². The first-order chi connectivity index (χ1) is 25.6. The van der Waals surface area contributed by atoms with E-state index in [1.807, 2.05) is 45.9 Å². The molecule has 54 heavy (non-hydrogen) atoms. The number of allylic oxidation sites excluding steroid dienone is 10. The monoisotopic (exact) mass is 752 g/mol. The lowest BCUT2D eigenvalue weighted by Gasteiger charge is -2.44. The number of carbonyl (C=O) groups is 2. The number of H-pyrrole nitrogens is 1. The van der Waals surface area contributed by atoms with Crippen LogP contribution in [0, 0.1) is 17.8 Å². The van der Waals surface area contributed by atoms with Crippen molar-refractivity contribution in [2.75, 3.05) is 13.7 Å². The maximum Gasteiger partial charge on any atom is 0.262 e. The Morgan fingerprint density at radius 1 is 1.04 bits per heavy atom. The van der Waals surface area contributed by atoms with Gasteiger partial charge in [0.2, 0.25) is 5.91 Å². The first-order valence-electron chi connectivity index (χ1n) is 18.1. The van der Waals surface area contributed by atoms with E-state index >= 15 is 0 Å². The number of aromatic nitrogens is 1. The Labute approximate surface area is 316 Å². The molecule has 1 aromatic heterocycles. The lowest BCUT2D eigenvalue weighted by Crippen LogP contribution is -2.56. The van der Waals surface area contributed by atoms with E-state index in [4.69, 9.17) is 14.2 Å². The summed E-state index contributed by atoms with van der Waals surface area (Å²) in [6.45, 7) is 10.6. The van der Waals surface area contributed by atoms with Crippen LogP contribution < -0.4 is 10.9 Å². The van der Waals surface area contributed by atoms with Gasteiger partial charge in [-0.1, -0.05) is 86.8 Å². The van der Waals surface area contributed by atoms with Crippen LogP contribution in [0.3, 0.4) is 0 Å². The van der Waals surface area contributed by atoms with Gasteiger partial charge in [0.1, 0.15) is 29.6 Å². The molecule has 0 bridgehead atoms. The number of Topliss-reactive ketones (excluding diaryl/α,β-unsaturated/α-hetero) is 1. The van der Waals surface area contributed by atoms with Gasteiger partial charge in [0, 0.05) is 38.1 Å². The van der Waals surface area contributed by atoms with E-state index in [0.29, 0.717) is 0 Å². The van der Waals surface area contributed by atoms with Crippen LogP contribution in [-0.2, 0) is 19.0 Å². The third-order valence-corrected chi connectivity index (χ3v) is 9.96. The maximum absolute atomic E-state index is 13.0. The zero-order chi connectivity index (χ0) is 40.2. The fourth-order valence-electron chi connectivity index (χ4n) is 6.48. The van der Waals surface area contributed by atoms with E-state index in [1.54, 1.807) is 55.5 Å². The minimum Gasteiger partial charge on any atom is -0.507 e. The third kappa shape index (κ3) is 11.2. The molecule has 13 heteroatoms. The fraction of sp³-hybridized carbons (Fsp3) is 0.488. The lowest BCUT2D eigenvalue weighted by atomic mass is 9.83. The molecule has 0 aliphatic carbocycles. The predicted octanol–water partition coefficient (Wildman–Crippen LogP) is 3.32. The van der Waals surface area contributed by atoms with Crippen molar-refractivity contribution in [2.45, 2.75) is 96.5 Å². The zero-order valence-electron chi connectivity index (χ0n) is 32.0. The lowest BCUT2D eigenvalue weighted by molar-refractivity contribution is -0.294. The van der Waals surface area contributed by atoms with Gasteiger partial charge in [0.05, 0.1) is 30.3 Å². The van der Waals surface area contributed by atoms with Crippen LogP contribution in [0.2, 0.25) is 0 Å². The number of ketones is 1. The van der Waals surface area contributed by atoms with Crippen LogP contribution >= 0.6 is 0 Å². The number of pyridine rings is 1. The zero-order valence-corrected chi connectivity index (χ0v) is 32.0. The predicted molar refractivity (Wildman–Crippen MR) is 204 cm³/mol. The van der Waals surface area contributed by atoms with Gasteiger partial charge in [-0.2, -0.15) is 0 Å². The molecule has 0 spiro atoms. The van der Waals surface area contributed by atoms with E-state index in [2.05, 4.69) is 10.3 Å². The molecule has 1 unspecified atom stereocenters. The number of hydrogen-bond donors (Lipinski definition) is 7. The second-order valence-electron chi connectivity index (χ2n) is 13.9. The number of aromatic amines is 1. The fourth-order valence-corrected chi connectivity index (χ4v) is 6.48. The molecule has 1 amide bonds. The van der Waals surface area contributed by atoms with Crippen molar-refractivity contribution < 1.29 is 49.3 Å². The summed E-state index contributed by atoms with van der Waals surface area (Å²) >= 11 is 0. The van der Waals surface area contributed by atoms with Crippen molar-refractivity contribution >= 4 is 11.7 Å². The smallest absolute Gasteiger partial charge is 0.262 e. The van der Waals surface area contributed by atoms with Crippen molar-refractivity contribution in [2.24, 2.45) is 17.8 Å². The van der Waals surface area contributed by atoms with Crippen LogP contribution in [0.1, 0.15) is 58.3 Å². The van der Waals surface area contributed by atoms with Crippen molar-refractivity contribution in [1.29, 1.82) is 0 Å². The van der Waals surface area contributed by atoms with Crippen LogP contribution in [0.25, 0.3) is 0 Å². The summed E-state index contributed by atoms with van der Waals surface area (Å²) in [7, 11) is 1.54. The highest BCUT2D eigenvalue weighted by Gasteiger charge is 2.49. The number of amides is 1. The highest BCUT2D eigenvalue weighted by Crippen LogP contribution is 2.37. The molecule has 3 rings (SSSR count). The molecule has 7 N–H and O–H groups in total. The number of aliphatic hydroxyl groups is 4. The molecule has 296 valence electrons. The number of hydrogen-bond acceptors (Lipinski definition) is 11. The highest BCUT2D eigenvalue weighted by atomic mass is 16.6. The summed E-state index contributed by atoms with van der Waals surface area (Å²) in [4.78, 5) is 39.9. The number of ether oxygens (including phenoxy) is 3. The van der Waals surface area contributed by atoms with E-state index in [1.165, 1.54) is 32.4 Å². The largest absolute Gasteiger partial charge is 0.507 e. The van der Waals surface area contributed by atoms with Gasteiger partial charge in [-0.05, 0) is 44.9 Å². The molecule has 11 atom stereocenters. The minimum absolute atomic E-state index is 0.0934. The summed E-state index contributed by atoms with van der Waals surface area (Å²) in [5.41, 5.74) is -0.00758. The Bertz CT molecular complexity index is 1710. The average Bonchev–Trinajstić information content (AvgIpc) is 3.41. The molecule has 0 radical (unpaired) electrons. The number of methoxy groups -OCH3 is 1. The van der Waals surface area contributed by atoms with Gasteiger partial charge in [-0.3, -0.25) is 14.4 Å². The number of carbonyl (C=O) groups excluding carboxylic acids is 2. The Hall–Kier alpha value is -4.21. The molecule has 2 aliphatic heterocycles. The van der Waals surface area contributed by atoms with Gasteiger partial charge in [-0.25, -0.2) is 0 Å². The molecule has 1 aromatic rings. The van der Waals surface area contributed by atoms with Gasteiger partial charge >= 0.3 is 0 Å². The molecule has 2 saturated heterocycles. The highest BCUT2D eigenvalue weighted by molar-refractivity contribution is 6.09. The van der Waals surface area contributed by atoms with E-state index in [-0.39, 0.29) is 35.9 Å². The summed E-state index contributed by atoms with van der Waals surface area (Å²) in [5.74, 6) is -4.89. The molecule has 0 aromatic carbocycles. The van der Waals surface area contributed by atoms with Crippen molar-refractivity contribution in [3.8, 4) is 5.75 Å². The summed E-state index contributed by atoms with van der Waals surface area (Å²) in [6.07, 6.45) is 15.6. The van der Waals surface area contributed by atoms with Crippen molar-refractivity contribution in [3.63, 3.8) is 0 Å². The first-order valence-corrected chi connectivity index (χ1v) is 18.1. The average molecular weight is 753 g/mol. The third-order valence-electron chi connectivity index (χ3n) is 9.96. The quantitative estimate of drug-likeness (QED) is 0.0741. The Morgan fingerprint density at radius 2 is 1.72 bits per heavy atom. The normalized spacial score (nSPS) is 30.2. The van der Waals surface area contributed by atoms with Gasteiger partial charge in [0.15, 0.2) is 11.6 Å². The van der Waals surface area contributed by atoms with Gasteiger partial charge < -0.3 is 50.0 Å². The Balaban J connectivity index is 1.55. The second kappa shape index (κ2) is 20.5. The number of rotatable bonds is 16. The Kier molecular flexibility index (Phi) is 16.7. The van der Waals surface area contributed by atoms with E-state index in [0.717, 1.165) is 5.57 Å². The molecule has 2 fully saturated rings. The first kappa shape index (κ1) is 44.2.